The second kappa shape index (κ2) is 6.85. The molecule has 0 fully saturated rings. The minimum Gasteiger partial charge on any atom is -0.493 e. The lowest BCUT2D eigenvalue weighted by Gasteiger charge is -2.16. The number of benzene rings is 2. The van der Waals surface area contributed by atoms with Crippen LogP contribution in [0.2, 0.25) is 0 Å². The van der Waals surface area contributed by atoms with E-state index in [-0.39, 0.29) is 0 Å². The van der Waals surface area contributed by atoms with Gasteiger partial charge in [0.05, 0.1) is 6.61 Å². The number of hydrogen-bond acceptors (Lipinski definition) is 2. The summed E-state index contributed by atoms with van der Waals surface area (Å²) in [7, 11) is 0. The van der Waals surface area contributed by atoms with E-state index in [1.165, 1.54) is 19.3 Å². The molecule has 0 bridgehead atoms. The molecule has 102 valence electrons. The highest BCUT2D eigenvalue weighted by Crippen LogP contribution is 2.30. The Kier molecular flexibility index (Phi) is 5.15. The molecule has 2 aromatic rings. The molecule has 0 saturated heterocycles. The van der Waals surface area contributed by atoms with Crippen molar-refractivity contribution < 1.29 is 4.74 Å². The van der Waals surface area contributed by atoms with E-state index in [2.05, 4.69) is 38.6 Å². The van der Waals surface area contributed by atoms with E-state index in [4.69, 9.17) is 4.74 Å². The largest absolute Gasteiger partial charge is 0.493 e. The molecule has 2 heteroatoms. The summed E-state index contributed by atoms with van der Waals surface area (Å²) in [6.07, 6.45) is 3.63. The third kappa shape index (κ3) is 3.44. The van der Waals surface area contributed by atoms with E-state index >= 15 is 0 Å². The lowest BCUT2D eigenvalue weighted by Crippen LogP contribution is -2.11. The summed E-state index contributed by atoms with van der Waals surface area (Å²) in [6.45, 7) is 5.27. The third-order valence-corrected chi connectivity index (χ3v) is 4.00. The van der Waals surface area contributed by atoms with E-state index in [9.17, 15) is 0 Å². The van der Waals surface area contributed by atoms with Crippen molar-refractivity contribution >= 4 is 23.4 Å². The molecule has 0 N–H and O–H groups in total. The quantitative estimate of drug-likeness (QED) is 0.700. The molecule has 1 unspecified atom stereocenters. The molecule has 0 amide bonds. The van der Waals surface area contributed by atoms with Crippen molar-refractivity contribution in [3.8, 4) is 5.75 Å². The lowest BCUT2D eigenvalue weighted by molar-refractivity contribution is 0.237. The van der Waals surface area contributed by atoms with Crippen LogP contribution in [0.5, 0.6) is 5.75 Å². The number of rotatable bonds is 6. The fraction of sp³-hybridized carbons (Fsp3) is 0.412. The molecule has 0 aliphatic carbocycles. The molecule has 0 radical (unpaired) electrons. The normalized spacial score (nSPS) is 12.6. The highest BCUT2D eigenvalue weighted by Gasteiger charge is 2.09. The fourth-order valence-corrected chi connectivity index (χ4v) is 2.67. The molecule has 2 aromatic carbocycles. The fourth-order valence-electron chi connectivity index (χ4n) is 2.40. The Morgan fingerprint density at radius 1 is 1.05 bits per heavy atom. The lowest BCUT2D eigenvalue weighted by atomic mass is 10.0. The van der Waals surface area contributed by atoms with Crippen molar-refractivity contribution in [3.63, 3.8) is 0 Å². The summed E-state index contributed by atoms with van der Waals surface area (Å²) >= 11 is 4.50. The molecule has 0 saturated carbocycles. The maximum Gasteiger partial charge on any atom is 0.127 e. The Labute approximate surface area is 121 Å². The van der Waals surface area contributed by atoms with Gasteiger partial charge in [-0.15, -0.1) is 12.6 Å². The highest BCUT2D eigenvalue weighted by atomic mass is 32.1. The van der Waals surface area contributed by atoms with Crippen LogP contribution < -0.4 is 4.74 Å². The Bertz CT molecular complexity index is 536. The van der Waals surface area contributed by atoms with E-state index < -0.39 is 0 Å². The first-order chi connectivity index (χ1) is 9.26. The maximum atomic E-state index is 6.05. The van der Waals surface area contributed by atoms with Crippen LogP contribution in [0.25, 0.3) is 10.8 Å². The number of thiol groups is 1. The van der Waals surface area contributed by atoms with Gasteiger partial charge in [-0.05, 0) is 29.9 Å². The Morgan fingerprint density at radius 2 is 1.79 bits per heavy atom. The van der Waals surface area contributed by atoms with Crippen LogP contribution in [-0.2, 0) is 0 Å². The average Bonchev–Trinajstić information content (AvgIpc) is 2.45. The summed E-state index contributed by atoms with van der Waals surface area (Å²) in [6, 6.07) is 12.3. The summed E-state index contributed by atoms with van der Waals surface area (Å²) in [5.41, 5.74) is 0. The van der Waals surface area contributed by atoms with Gasteiger partial charge in [0.25, 0.3) is 0 Å². The van der Waals surface area contributed by atoms with Crippen molar-refractivity contribution in [1.29, 1.82) is 0 Å². The first kappa shape index (κ1) is 14.3. The van der Waals surface area contributed by atoms with Gasteiger partial charge in [0, 0.05) is 10.3 Å². The monoisotopic (exact) mass is 274 g/mol. The van der Waals surface area contributed by atoms with Crippen LogP contribution in [0.4, 0.5) is 0 Å². The maximum absolute atomic E-state index is 6.05. The molecule has 0 aliphatic heterocycles. The molecule has 1 atom stereocenters. The Balaban J connectivity index is 2.19. The van der Waals surface area contributed by atoms with Crippen molar-refractivity contribution in [2.45, 2.75) is 38.0 Å². The predicted molar refractivity (Wildman–Crippen MR) is 85.4 cm³/mol. The van der Waals surface area contributed by atoms with Gasteiger partial charge < -0.3 is 4.74 Å². The second-order valence-corrected chi connectivity index (χ2v) is 5.48. The zero-order valence-electron chi connectivity index (χ0n) is 11.7. The second-order valence-electron chi connectivity index (χ2n) is 5.00. The zero-order chi connectivity index (χ0) is 13.7. The SMILES string of the molecule is CCCC(CC)COc1ccc(S)c2ccccc12. The van der Waals surface area contributed by atoms with Crippen LogP contribution in [-0.4, -0.2) is 6.61 Å². The Morgan fingerprint density at radius 3 is 2.47 bits per heavy atom. The number of hydrogen-bond donors (Lipinski definition) is 1. The third-order valence-electron chi connectivity index (χ3n) is 3.61. The molecule has 2 rings (SSSR count). The topological polar surface area (TPSA) is 9.23 Å². The molecule has 0 aromatic heterocycles. The minimum absolute atomic E-state index is 0.652. The standard InChI is InChI=1S/C17H22OS/c1-3-7-13(4-2)12-18-16-10-11-17(19)15-9-6-5-8-14(15)16/h5-6,8-11,13,19H,3-4,7,12H2,1-2H3. The molecular formula is C17H22OS. The van der Waals surface area contributed by atoms with Crippen molar-refractivity contribution in [2.24, 2.45) is 5.92 Å². The van der Waals surface area contributed by atoms with Gasteiger partial charge >= 0.3 is 0 Å². The van der Waals surface area contributed by atoms with E-state index in [1.807, 2.05) is 24.3 Å². The average molecular weight is 274 g/mol. The molecule has 19 heavy (non-hydrogen) atoms. The summed E-state index contributed by atoms with van der Waals surface area (Å²) in [5.74, 6) is 1.63. The van der Waals surface area contributed by atoms with E-state index in [0.29, 0.717) is 5.92 Å². The van der Waals surface area contributed by atoms with Crippen LogP contribution in [0, 0.1) is 5.92 Å². The van der Waals surface area contributed by atoms with Crippen molar-refractivity contribution in [3.05, 3.63) is 36.4 Å². The van der Waals surface area contributed by atoms with Gasteiger partial charge in [0.1, 0.15) is 5.75 Å². The van der Waals surface area contributed by atoms with Gasteiger partial charge in [0.15, 0.2) is 0 Å². The number of fused-ring (bicyclic) bond motifs is 1. The zero-order valence-corrected chi connectivity index (χ0v) is 12.6. The van der Waals surface area contributed by atoms with Crippen molar-refractivity contribution in [2.75, 3.05) is 6.61 Å². The first-order valence-electron chi connectivity index (χ1n) is 7.09. The van der Waals surface area contributed by atoms with E-state index in [0.717, 1.165) is 28.0 Å². The molecule has 0 spiro atoms. The van der Waals surface area contributed by atoms with Gasteiger partial charge in [-0.2, -0.15) is 0 Å². The smallest absolute Gasteiger partial charge is 0.127 e. The first-order valence-corrected chi connectivity index (χ1v) is 7.54. The number of ether oxygens (including phenoxy) is 1. The van der Waals surface area contributed by atoms with E-state index in [1.54, 1.807) is 0 Å². The Hall–Kier alpha value is -1.15. The van der Waals surface area contributed by atoms with Crippen molar-refractivity contribution in [1.82, 2.24) is 0 Å². The van der Waals surface area contributed by atoms with Crippen LogP contribution >= 0.6 is 12.6 Å². The molecule has 0 heterocycles. The van der Waals surface area contributed by atoms with Crippen LogP contribution in [0.1, 0.15) is 33.1 Å². The highest BCUT2D eigenvalue weighted by molar-refractivity contribution is 7.80. The van der Waals surface area contributed by atoms with Gasteiger partial charge in [0.2, 0.25) is 0 Å². The molecule has 1 nitrogen and oxygen atoms in total. The molecular weight excluding hydrogens is 252 g/mol. The summed E-state index contributed by atoms with van der Waals surface area (Å²) < 4.78 is 6.05. The predicted octanol–water partition coefficient (Wildman–Crippen LogP) is 5.33. The minimum atomic E-state index is 0.652. The summed E-state index contributed by atoms with van der Waals surface area (Å²) in [4.78, 5) is 1.00. The summed E-state index contributed by atoms with van der Waals surface area (Å²) in [5, 5.41) is 2.31. The van der Waals surface area contributed by atoms with Gasteiger partial charge in [-0.3, -0.25) is 0 Å². The van der Waals surface area contributed by atoms with Crippen LogP contribution in [0.3, 0.4) is 0 Å². The van der Waals surface area contributed by atoms with Gasteiger partial charge in [-0.1, -0.05) is 51.0 Å². The van der Waals surface area contributed by atoms with Gasteiger partial charge in [-0.25, -0.2) is 0 Å². The molecule has 0 aliphatic rings. The van der Waals surface area contributed by atoms with Crippen LogP contribution in [0.15, 0.2) is 41.3 Å².